The summed E-state index contributed by atoms with van der Waals surface area (Å²) in [7, 11) is 1.60. The Morgan fingerprint density at radius 2 is 1.48 bits per heavy atom. The predicted octanol–water partition coefficient (Wildman–Crippen LogP) is 4.01. The van der Waals surface area contributed by atoms with Crippen LogP contribution in [-0.2, 0) is 11.3 Å². The normalized spacial score (nSPS) is 11.4. The molecule has 1 atom stereocenters. The van der Waals surface area contributed by atoms with E-state index >= 15 is 0 Å². The van der Waals surface area contributed by atoms with Crippen molar-refractivity contribution in [3.8, 4) is 11.5 Å². The minimum absolute atomic E-state index is 0.0558. The van der Waals surface area contributed by atoms with Crippen molar-refractivity contribution in [2.45, 2.75) is 19.6 Å². The monoisotopic (exact) mass is 389 g/mol. The van der Waals surface area contributed by atoms with Gasteiger partial charge in [0.25, 0.3) is 5.91 Å². The van der Waals surface area contributed by atoms with Gasteiger partial charge in [-0.3, -0.25) is 9.59 Å². The number of carbonyl (C=O) groups is 2. The summed E-state index contributed by atoms with van der Waals surface area (Å²) < 4.78 is 11.0. The molecule has 0 spiro atoms. The van der Waals surface area contributed by atoms with Crippen LogP contribution in [0, 0.1) is 0 Å². The highest BCUT2D eigenvalue weighted by Crippen LogP contribution is 2.18. The van der Waals surface area contributed by atoms with Crippen molar-refractivity contribution in [2.75, 3.05) is 7.11 Å². The molecule has 3 aromatic carbocycles. The van der Waals surface area contributed by atoms with Crippen LogP contribution in [-0.4, -0.2) is 24.9 Å². The molecule has 0 saturated heterocycles. The molecular weight excluding hydrogens is 366 g/mol. The van der Waals surface area contributed by atoms with Crippen molar-refractivity contribution < 1.29 is 19.1 Å². The van der Waals surface area contributed by atoms with Gasteiger partial charge in [0.2, 0.25) is 0 Å². The summed E-state index contributed by atoms with van der Waals surface area (Å²) in [5.41, 5.74) is 2.08. The molecule has 0 bridgehead atoms. The Hall–Kier alpha value is -3.60. The van der Waals surface area contributed by atoms with Crippen LogP contribution >= 0.6 is 0 Å². The number of hydrogen-bond acceptors (Lipinski definition) is 4. The standard InChI is InChI=1S/C24H23NO4/c1-17(24(27)25-16-20-10-6-7-11-22(20)28-2)29-21-14-12-19(13-15-21)23(26)18-8-4-3-5-9-18/h3-15,17H,16H2,1-2H3,(H,25,27). The van der Waals surface area contributed by atoms with Gasteiger partial charge in [0.05, 0.1) is 7.11 Å². The number of para-hydroxylation sites is 1. The number of rotatable bonds is 8. The SMILES string of the molecule is COc1ccccc1CNC(=O)C(C)Oc1ccc(C(=O)c2ccccc2)cc1. The fourth-order valence-electron chi connectivity index (χ4n) is 2.87. The van der Waals surface area contributed by atoms with E-state index in [1.807, 2.05) is 42.5 Å². The highest BCUT2D eigenvalue weighted by Gasteiger charge is 2.16. The lowest BCUT2D eigenvalue weighted by atomic mass is 10.0. The zero-order valence-electron chi connectivity index (χ0n) is 16.4. The molecule has 0 aliphatic carbocycles. The van der Waals surface area contributed by atoms with Crippen molar-refractivity contribution >= 4 is 11.7 Å². The molecule has 0 aliphatic heterocycles. The van der Waals surface area contributed by atoms with Crippen LogP contribution in [0.2, 0.25) is 0 Å². The van der Waals surface area contributed by atoms with Crippen molar-refractivity contribution in [3.63, 3.8) is 0 Å². The van der Waals surface area contributed by atoms with Gasteiger partial charge >= 0.3 is 0 Å². The largest absolute Gasteiger partial charge is 0.496 e. The molecule has 5 heteroatoms. The third-order valence-corrected chi connectivity index (χ3v) is 4.48. The second-order valence-corrected chi connectivity index (χ2v) is 6.51. The Kier molecular flexibility index (Phi) is 6.63. The lowest BCUT2D eigenvalue weighted by Gasteiger charge is -2.16. The molecule has 5 nitrogen and oxygen atoms in total. The van der Waals surface area contributed by atoms with Crippen LogP contribution in [0.15, 0.2) is 78.9 Å². The Labute approximate surface area is 170 Å². The van der Waals surface area contributed by atoms with E-state index in [9.17, 15) is 9.59 Å². The van der Waals surface area contributed by atoms with E-state index in [1.165, 1.54) is 0 Å². The number of ether oxygens (including phenoxy) is 2. The summed E-state index contributed by atoms with van der Waals surface area (Å²) in [6, 6.07) is 23.4. The maximum absolute atomic E-state index is 12.4. The quantitative estimate of drug-likeness (QED) is 0.591. The lowest BCUT2D eigenvalue weighted by Crippen LogP contribution is -2.36. The third kappa shape index (κ3) is 5.23. The van der Waals surface area contributed by atoms with Crippen LogP contribution in [0.1, 0.15) is 28.4 Å². The number of benzene rings is 3. The number of nitrogens with one attached hydrogen (secondary N) is 1. The van der Waals surface area contributed by atoms with Crippen molar-refractivity contribution in [1.82, 2.24) is 5.32 Å². The summed E-state index contributed by atoms with van der Waals surface area (Å²) in [5.74, 6) is 0.953. The average Bonchev–Trinajstić information content (AvgIpc) is 2.78. The first-order valence-corrected chi connectivity index (χ1v) is 9.34. The molecule has 3 aromatic rings. The van der Waals surface area contributed by atoms with Crippen LogP contribution in [0.4, 0.5) is 0 Å². The Balaban J connectivity index is 1.56. The van der Waals surface area contributed by atoms with Gasteiger partial charge in [-0.15, -0.1) is 0 Å². The number of hydrogen-bond donors (Lipinski definition) is 1. The molecule has 1 unspecified atom stereocenters. The van der Waals surface area contributed by atoms with E-state index in [-0.39, 0.29) is 11.7 Å². The average molecular weight is 389 g/mol. The fraction of sp³-hybridized carbons (Fsp3) is 0.167. The van der Waals surface area contributed by atoms with Crippen LogP contribution in [0.25, 0.3) is 0 Å². The van der Waals surface area contributed by atoms with E-state index in [2.05, 4.69) is 5.32 Å². The zero-order chi connectivity index (χ0) is 20.6. The smallest absolute Gasteiger partial charge is 0.261 e. The topological polar surface area (TPSA) is 64.6 Å². The second-order valence-electron chi connectivity index (χ2n) is 6.51. The van der Waals surface area contributed by atoms with Gasteiger partial charge in [0.15, 0.2) is 11.9 Å². The van der Waals surface area contributed by atoms with Crippen LogP contribution in [0.3, 0.4) is 0 Å². The first kappa shape index (κ1) is 20.1. The zero-order valence-corrected chi connectivity index (χ0v) is 16.4. The van der Waals surface area contributed by atoms with Gasteiger partial charge in [-0.2, -0.15) is 0 Å². The van der Waals surface area contributed by atoms with E-state index in [0.717, 1.165) is 11.3 Å². The lowest BCUT2D eigenvalue weighted by molar-refractivity contribution is -0.127. The minimum atomic E-state index is -0.680. The summed E-state index contributed by atoms with van der Waals surface area (Å²) in [5, 5.41) is 2.85. The highest BCUT2D eigenvalue weighted by atomic mass is 16.5. The second kappa shape index (κ2) is 9.55. The van der Waals surface area contributed by atoms with Gasteiger partial charge in [-0.1, -0.05) is 48.5 Å². The number of ketones is 1. The molecule has 1 N–H and O–H groups in total. The summed E-state index contributed by atoms with van der Waals surface area (Å²) in [4.78, 5) is 24.8. The van der Waals surface area contributed by atoms with E-state index < -0.39 is 6.10 Å². The molecule has 0 fully saturated rings. The Bertz CT molecular complexity index is 968. The predicted molar refractivity (Wildman–Crippen MR) is 111 cm³/mol. The van der Waals surface area contributed by atoms with Crippen molar-refractivity contribution in [3.05, 3.63) is 95.6 Å². The molecule has 1 amide bonds. The summed E-state index contributed by atoms with van der Waals surface area (Å²) in [6.07, 6.45) is -0.680. The van der Waals surface area contributed by atoms with Gasteiger partial charge in [-0.05, 0) is 37.3 Å². The number of methoxy groups -OCH3 is 1. The maximum atomic E-state index is 12.4. The number of carbonyl (C=O) groups excluding carboxylic acids is 2. The van der Waals surface area contributed by atoms with Crippen molar-refractivity contribution in [2.24, 2.45) is 0 Å². The van der Waals surface area contributed by atoms with E-state index in [1.54, 1.807) is 50.4 Å². The first-order chi connectivity index (χ1) is 14.1. The highest BCUT2D eigenvalue weighted by molar-refractivity contribution is 6.08. The number of amides is 1. The van der Waals surface area contributed by atoms with Crippen molar-refractivity contribution in [1.29, 1.82) is 0 Å². The molecule has 29 heavy (non-hydrogen) atoms. The van der Waals surface area contributed by atoms with E-state index in [4.69, 9.17) is 9.47 Å². The third-order valence-electron chi connectivity index (χ3n) is 4.48. The first-order valence-electron chi connectivity index (χ1n) is 9.34. The van der Waals surface area contributed by atoms with Crippen LogP contribution < -0.4 is 14.8 Å². The fourth-order valence-corrected chi connectivity index (χ4v) is 2.87. The molecule has 3 rings (SSSR count). The Morgan fingerprint density at radius 1 is 0.862 bits per heavy atom. The summed E-state index contributed by atoms with van der Waals surface area (Å²) >= 11 is 0. The minimum Gasteiger partial charge on any atom is -0.496 e. The van der Waals surface area contributed by atoms with E-state index in [0.29, 0.717) is 23.4 Å². The molecule has 148 valence electrons. The maximum Gasteiger partial charge on any atom is 0.261 e. The van der Waals surface area contributed by atoms with Gasteiger partial charge in [-0.25, -0.2) is 0 Å². The Morgan fingerprint density at radius 3 is 2.17 bits per heavy atom. The molecular formula is C24H23NO4. The van der Waals surface area contributed by atoms with Gasteiger partial charge < -0.3 is 14.8 Å². The van der Waals surface area contributed by atoms with Crippen LogP contribution in [0.5, 0.6) is 11.5 Å². The van der Waals surface area contributed by atoms with Gasteiger partial charge in [0, 0.05) is 23.2 Å². The molecule has 0 aromatic heterocycles. The molecule has 0 saturated carbocycles. The molecule has 0 aliphatic rings. The van der Waals surface area contributed by atoms with Gasteiger partial charge in [0.1, 0.15) is 11.5 Å². The molecule has 0 radical (unpaired) electrons. The molecule has 0 heterocycles. The summed E-state index contributed by atoms with van der Waals surface area (Å²) in [6.45, 7) is 2.03.